The van der Waals surface area contributed by atoms with E-state index < -0.39 is 0 Å². The van der Waals surface area contributed by atoms with Crippen molar-refractivity contribution < 1.29 is 9.53 Å². The lowest BCUT2D eigenvalue weighted by atomic mass is 9.94. The van der Waals surface area contributed by atoms with Crippen molar-refractivity contribution >= 4 is 5.78 Å². The fourth-order valence-corrected chi connectivity index (χ4v) is 1.99. The van der Waals surface area contributed by atoms with E-state index in [1.54, 1.807) is 12.4 Å². The molecule has 1 N–H and O–H groups in total. The molecule has 2 rings (SSSR count). The highest BCUT2D eigenvalue weighted by molar-refractivity contribution is 5.84. The Kier molecular flexibility index (Phi) is 3.64. The first kappa shape index (κ1) is 11.2. The fourth-order valence-electron chi connectivity index (χ4n) is 1.99. The minimum absolute atomic E-state index is 0.0230. The highest BCUT2D eigenvalue weighted by Gasteiger charge is 2.32. The number of hydrogen-bond acceptors (Lipinski definition) is 4. The number of ether oxygens (including phenoxy) is 1. The van der Waals surface area contributed by atoms with Gasteiger partial charge in [-0.15, -0.1) is 0 Å². The second-order valence-electron chi connectivity index (χ2n) is 4.04. The Balaban J connectivity index is 1.98. The first-order valence-electron chi connectivity index (χ1n) is 5.48. The molecule has 0 saturated carbocycles. The van der Waals surface area contributed by atoms with Crippen molar-refractivity contribution in [1.29, 1.82) is 0 Å². The Labute approximate surface area is 95.0 Å². The van der Waals surface area contributed by atoms with Gasteiger partial charge in [0, 0.05) is 24.9 Å². The van der Waals surface area contributed by atoms with Gasteiger partial charge in [0.1, 0.15) is 5.78 Å². The van der Waals surface area contributed by atoms with Gasteiger partial charge in [0.05, 0.1) is 19.1 Å². The van der Waals surface area contributed by atoms with Gasteiger partial charge < -0.3 is 10.1 Å². The van der Waals surface area contributed by atoms with Crippen LogP contribution in [0.2, 0.25) is 0 Å². The molecule has 2 unspecified atom stereocenters. The number of nitrogens with one attached hydrogen (secondary N) is 1. The number of likely N-dealkylation sites (N-methyl/N-ethyl adjacent to an activating group) is 1. The molecule has 1 aromatic rings. The maximum absolute atomic E-state index is 12.0. The molecule has 0 aromatic carbocycles. The summed E-state index contributed by atoms with van der Waals surface area (Å²) in [6, 6.07) is 3.93. The molecule has 2 heterocycles. The van der Waals surface area contributed by atoms with Crippen molar-refractivity contribution in [3.05, 3.63) is 30.1 Å². The summed E-state index contributed by atoms with van der Waals surface area (Å²) in [5, 5.41) is 3.12. The smallest absolute Gasteiger partial charge is 0.144 e. The van der Waals surface area contributed by atoms with E-state index in [9.17, 15) is 4.79 Å². The van der Waals surface area contributed by atoms with E-state index in [-0.39, 0.29) is 17.7 Å². The molecule has 2 atom stereocenters. The molecule has 1 fully saturated rings. The fraction of sp³-hybridized carbons (Fsp3) is 0.500. The first-order valence-corrected chi connectivity index (χ1v) is 5.48. The van der Waals surface area contributed by atoms with Crippen molar-refractivity contribution in [2.75, 3.05) is 20.3 Å². The zero-order chi connectivity index (χ0) is 11.4. The Hall–Kier alpha value is -1.26. The number of aromatic nitrogens is 1. The van der Waals surface area contributed by atoms with Gasteiger partial charge in [0.25, 0.3) is 0 Å². The predicted octanol–water partition coefficient (Wildman–Crippen LogP) is 0.428. The number of nitrogens with zero attached hydrogens (tertiary/aromatic N) is 1. The maximum Gasteiger partial charge on any atom is 0.144 e. The summed E-state index contributed by atoms with van der Waals surface area (Å²) >= 11 is 0. The SMILES string of the molecule is CNC1COCC1C(=O)Cc1cccnc1. The van der Waals surface area contributed by atoms with Crippen LogP contribution in [0, 0.1) is 5.92 Å². The predicted molar refractivity (Wildman–Crippen MR) is 60.1 cm³/mol. The summed E-state index contributed by atoms with van der Waals surface area (Å²) in [5.41, 5.74) is 0.967. The van der Waals surface area contributed by atoms with Crippen molar-refractivity contribution in [1.82, 2.24) is 10.3 Å². The van der Waals surface area contributed by atoms with E-state index in [1.807, 2.05) is 19.2 Å². The van der Waals surface area contributed by atoms with E-state index in [0.29, 0.717) is 19.6 Å². The molecule has 1 aliphatic rings. The van der Waals surface area contributed by atoms with Gasteiger partial charge in [-0.2, -0.15) is 0 Å². The summed E-state index contributed by atoms with van der Waals surface area (Å²) in [4.78, 5) is 16.0. The van der Waals surface area contributed by atoms with Crippen LogP contribution < -0.4 is 5.32 Å². The molecule has 0 amide bonds. The van der Waals surface area contributed by atoms with Gasteiger partial charge in [0.15, 0.2) is 0 Å². The van der Waals surface area contributed by atoms with Gasteiger partial charge in [-0.25, -0.2) is 0 Å². The Bertz CT molecular complexity index is 353. The summed E-state index contributed by atoms with van der Waals surface area (Å²) in [6.45, 7) is 1.16. The third-order valence-corrected chi connectivity index (χ3v) is 2.97. The summed E-state index contributed by atoms with van der Waals surface area (Å²) in [6.07, 6.45) is 3.89. The summed E-state index contributed by atoms with van der Waals surface area (Å²) in [5.74, 6) is 0.204. The quantitative estimate of drug-likeness (QED) is 0.799. The van der Waals surface area contributed by atoms with E-state index >= 15 is 0 Å². The standard InChI is InChI=1S/C12H16N2O2/c1-13-11-8-16-7-10(11)12(15)5-9-3-2-4-14-6-9/h2-4,6,10-11,13H,5,7-8H2,1H3. The lowest BCUT2D eigenvalue weighted by Gasteiger charge is -2.15. The largest absolute Gasteiger partial charge is 0.379 e. The van der Waals surface area contributed by atoms with Crippen LogP contribution in [0.3, 0.4) is 0 Å². The molecule has 1 aliphatic heterocycles. The molecule has 0 aliphatic carbocycles. The van der Waals surface area contributed by atoms with E-state index in [4.69, 9.17) is 4.74 Å². The van der Waals surface area contributed by atoms with E-state index in [0.717, 1.165) is 5.56 Å². The van der Waals surface area contributed by atoms with Crippen LogP contribution in [-0.4, -0.2) is 37.1 Å². The second kappa shape index (κ2) is 5.18. The number of hydrogen-bond donors (Lipinski definition) is 1. The van der Waals surface area contributed by atoms with Crippen molar-refractivity contribution in [3.8, 4) is 0 Å². The number of carbonyl (C=O) groups excluding carboxylic acids is 1. The highest BCUT2D eigenvalue weighted by Crippen LogP contribution is 2.16. The average molecular weight is 220 g/mol. The second-order valence-corrected chi connectivity index (χ2v) is 4.04. The molecule has 86 valence electrons. The Morgan fingerprint density at radius 3 is 3.19 bits per heavy atom. The van der Waals surface area contributed by atoms with Gasteiger partial charge in [0.2, 0.25) is 0 Å². The lowest BCUT2D eigenvalue weighted by Crippen LogP contribution is -2.37. The Morgan fingerprint density at radius 2 is 2.50 bits per heavy atom. The van der Waals surface area contributed by atoms with Gasteiger partial charge in [-0.1, -0.05) is 6.07 Å². The number of rotatable bonds is 4. The van der Waals surface area contributed by atoms with Crippen LogP contribution in [0.25, 0.3) is 0 Å². The van der Waals surface area contributed by atoms with Crippen molar-refractivity contribution in [2.45, 2.75) is 12.5 Å². The highest BCUT2D eigenvalue weighted by atomic mass is 16.5. The normalized spacial score (nSPS) is 24.6. The molecule has 0 radical (unpaired) electrons. The van der Waals surface area contributed by atoms with Crippen molar-refractivity contribution in [3.63, 3.8) is 0 Å². The number of ketones is 1. The maximum atomic E-state index is 12.0. The molecule has 0 bridgehead atoms. The van der Waals surface area contributed by atoms with Crippen LogP contribution in [0.15, 0.2) is 24.5 Å². The van der Waals surface area contributed by atoms with Crippen LogP contribution in [-0.2, 0) is 16.0 Å². The van der Waals surface area contributed by atoms with Crippen LogP contribution in [0.5, 0.6) is 0 Å². The zero-order valence-electron chi connectivity index (χ0n) is 9.35. The molecule has 4 heteroatoms. The van der Waals surface area contributed by atoms with Crippen LogP contribution in [0.4, 0.5) is 0 Å². The molecular formula is C12H16N2O2. The molecular weight excluding hydrogens is 204 g/mol. The first-order chi connectivity index (χ1) is 7.81. The van der Waals surface area contributed by atoms with Gasteiger partial charge in [-0.05, 0) is 18.7 Å². The van der Waals surface area contributed by atoms with Gasteiger partial charge in [-0.3, -0.25) is 9.78 Å². The van der Waals surface area contributed by atoms with E-state index in [2.05, 4.69) is 10.3 Å². The topological polar surface area (TPSA) is 51.2 Å². The number of carbonyl (C=O) groups is 1. The van der Waals surface area contributed by atoms with Crippen molar-refractivity contribution in [2.24, 2.45) is 5.92 Å². The minimum atomic E-state index is -0.0230. The van der Waals surface area contributed by atoms with E-state index in [1.165, 1.54) is 0 Å². The summed E-state index contributed by atoms with van der Waals surface area (Å²) in [7, 11) is 1.86. The minimum Gasteiger partial charge on any atom is -0.379 e. The monoisotopic (exact) mass is 220 g/mol. The third kappa shape index (κ3) is 2.46. The third-order valence-electron chi connectivity index (χ3n) is 2.97. The molecule has 1 saturated heterocycles. The average Bonchev–Trinajstić information content (AvgIpc) is 2.78. The lowest BCUT2D eigenvalue weighted by molar-refractivity contribution is -0.122. The van der Waals surface area contributed by atoms with Crippen LogP contribution >= 0.6 is 0 Å². The Morgan fingerprint density at radius 1 is 1.62 bits per heavy atom. The molecule has 4 nitrogen and oxygen atoms in total. The number of pyridine rings is 1. The molecule has 0 spiro atoms. The molecule has 16 heavy (non-hydrogen) atoms. The van der Waals surface area contributed by atoms with Crippen LogP contribution in [0.1, 0.15) is 5.56 Å². The number of Topliss-reactive ketones (excluding diaryl/α,β-unsaturated/α-hetero) is 1. The zero-order valence-corrected chi connectivity index (χ0v) is 9.35. The summed E-state index contributed by atoms with van der Waals surface area (Å²) < 4.78 is 5.32. The van der Waals surface area contributed by atoms with Gasteiger partial charge >= 0.3 is 0 Å². The molecule has 1 aromatic heterocycles.